The Bertz CT molecular complexity index is 435. The number of nitrogens with two attached hydrogens (primary N) is 1. The minimum Gasteiger partial charge on any atom is -0.392 e. The number of nitrogens with one attached hydrogen (secondary N) is 1. The number of aryl methyl sites for hydroxylation is 1. The second-order valence-electron chi connectivity index (χ2n) is 4.66. The topological polar surface area (TPSA) is 91.5 Å². The van der Waals surface area contributed by atoms with E-state index in [0.29, 0.717) is 11.4 Å². The van der Waals surface area contributed by atoms with Crippen LogP contribution in [-0.4, -0.2) is 40.6 Å². The number of aliphatic hydroxyl groups excluding tert-OH is 1. The fraction of sp³-hybridized carbons (Fsp3) is 0.538. The highest BCUT2D eigenvalue weighted by atomic mass is 16.3. The number of hydrogen-bond donors (Lipinski definition) is 3. The van der Waals surface area contributed by atoms with Crippen LogP contribution in [0.3, 0.4) is 0 Å². The minimum atomic E-state index is -0.557. The lowest BCUT2D eigenvalue weighted by Gasteiger charge is -2.19. The van der Waals surface area contributed by atoms with Gasteiger partial charge in [0.25, 0.3) is 5.91 Å². The molecular weight excluding hydrogens is 244 g/mol. The summed E-state index contributed by atoms with van der Waals surface area (Å²) >= 11 is 0. The fourth-order valence-electron chi connectivity index (χ4n) is 1.87. The average Bonchev–Trinajstić information content (AvgIpc) is 2.37. The van der Waals surface area contributed by atoms with Gasteiger partial charge in [0.1, 0.15) is 5.82 Å². The van der Waals surface area contributed by atoms with Crippen LogP contribution in [0.1, 0.15) is 36.3 Å². The number of aliphatic hydroxyl groups is 1. The van der Waals surface area contributed by atoms with Crippen LogP contribution < -0.4 is 11.3 Å². The zero-order valence-corrected chi connectivity index (χ0v) is 11.7. The molecule has 1 atom stereocenters. The van der Waals surface area contributed by atoms with Crippen molar-refractivity contribution >= 4 is 11.7 Å². The maximum absolute atomic E-state index is 12.2. The molecule has 4 N–H and O–H groups in total. The molecule has 0 aliphatic carbocycles. The molecule has 0 saturated carbocycles. The van der Waals surface area contributed by atoms with Crippen LogP contribution in [0.2, 0.25) is 0 Å². The number of nitrogens with zero attached hydrogens (tertiary/aromatic N) is 2. The first kappa shape index (κ1) is 15.4. The van der Waals surface area contributed by atoms with Gasteiger partial charge in [-0.25, -0.2) is 10.8 Å². The van der Waals surface area contributed by atoms with Gasteiger partial charge in [0, 0.05) is 24.8 Å². The molecule has 1 aromatic rings. The third-order valence-corrected chi connectivity index (χ3v) is 2.66. The summed E-state index contributed by atoms with van der Waals surface area (Å²) in [6.45, 7) is 3.98. The maximum atomic E-state index is 12.2. The van der Waals surface area contributed by atoms with Crippen molar-refractivity contribution in [3.63, 3.8) is 0 Å². The van der Waals surface area contributed by atoms with Crippen molar-refractivity contribution < 1.29 is 9.90 Å². The molecule has 0 bridgehead atoms. The summed E-state index contributed by atoms with van der Waals surface area (Å²) in [7, 11) is 1.66. The zero-order valence-electron chi connectivity index (χ0n) is 11.7. The first-order valence-corrected chi connectivity index (χ1v) is 6.39. The van der Waals surface area contributed by atoms with Crippen LogP contribution in [0.25, 0.3) is 0 Å². The highest BCUT2D eigenvalue weighted by molar-refractivity contribution is 5.94. The number of hydrogen-bond acceptors (Lipinski definition) is 5. The summed E-state index contributed by atoms with van der Waals surface area (Å²) in [6, 6.07) is 3.38. The highest BCUT2D eigenvalue weighted by Crippen LogP contribution is 2.13. The Balaban J connectivity index is 2.97. The third-order valence-electron chi connectivity index (χ3n) is 2.66. The first-order chi connectivity index (χ1) is 8.97. The molecule has 0 radical (unpaired) electrons. The smallest absolute Gasteiger partial charge is 0.253 e. The molecule has 1 heterocycles. The van der Waals surface area contributed by atoms with Crippen LogP contribution in [0.15, 0.2) is 12.1 Å². The Hall–Kier alpha value is -1.66. The second kappa shape index (κ2) is 7.06. The summed E-state index contributed by atoms with van der Waals surface area (Å²) in [5.41, 5.74) is 3.82. The van der Waals surface area contributed by atoms with Crippen LogP contribution in [0.5, 0.6) is 0 Å². The minimum absolute atomic E-state index is 0.155. The Labute approximate surface area is 113 Å². The molecule has 1 rings (SSSR count). The molecule has 0 aliphatic heterocycles. The number of amides is 1. The van der Waals surface area contributed by atoms with Gasteiger partial charge < -0.3 is 15.4 Å². The molecule has 1 unspecified atom stereocenters. The lowest BCUT2D eigenvalue weighted by Crippen LogP contribution is -2.33. The number of aromatic nitrogens is 1. The molecule has 1 amide bonds. The van der Waals surface area contributed by atoms with Gasteiger partial charge in [0.05, 0.1) is 6.10 Å². The van der Waals surface area contributed by atoms with E-state index in [-0.39, 0.29) is 12.5 Å². The van der Waals surface area contributed by atoms with Crippen molar-refractivity contribution in [1.29, 1.82) is 0 Å². The van der Waals surface area contributed by atoms with Crippen molar-refractivity contribution in [2.24, 2.45) is 5.84 Å². The molecule has 0 fully saturated rings. The van der Waals surface area contributed by atoms with Gasteiger partial charge in [-0.2, -0.15) is 0 Å². The van der Waals surface area contributed by atoms with Gasteiger partial charge in [-0.15, -0.1) is 0 Å². The summed E-state index contributed by atoms with van der Waals surface area (Å²) in [6.07, 6.45) is 1.17. The summed E-state index contributed by atoms with van der Waals surface area (Å²) in [5, 5.41) is 9.32. The summed E-state index contributed by atoms with van der Waals surface area (Å²) < 4.78 is 0. The third kappa shape index (κ3) is 4.50. The molecule has 6 heteroatoms. The quantitative estimate of drug-likeness (QED) is 0.522. The summed E-state index contributed by atoms with van der Waals surface area (Å²) in [5.74, 6) is 5.68. The zero-order chi connectivity index (χ0) is 14.4. The summed E-state index contributed by atoms with van der Waals surface area (Å²) in [4.78, 5) is 18.0. The van der Waals surface area contributed by atoms with Crippen LogP contribution in [0.4, 0.5) is 5.82 Å². The molecule has 0 saturated heterocycles. The Morgan fingerprint density at radius 2 is 2.26 bits per heavy atom. The standard InChI is InChI=1S/C13H22N4O2/c1-4-5-11-6-10(7-12(15-11)16-14)13(19)17(3)8-9(2)18/h6-7,9,18H,4-5,8,14H2,1-3H3,(H,15,16). The Morgan fingerprint density at radius 1 is 1.58 bits per heavy atom. The average molecular weight is 266 g/mol. The van der Waals surface area contributed by atoms with Crippen molar-refractivity contribution in [2.45, 2.75) is 32.8 Å². The van der Waals surface area contributed by atoms with E-state index >= 15 is 0 Å². The maximum Gasteiger partial charge on any atom is 0.253 e. The number of carbonyl (C=O) groups excluding carboxylic acids is 1. The molecular formula is C13H22N4O2. The van der Waals surface area contributed by atoms with Gasteiger partial charge in [0.15, 0.2) is 0 Å². The predicted octanol–water partition coefficient (Wildman–Crippen LogP) is 0.773. The fourth-order valence-corrected chi connectivity index (χ4v) is 1.87. The SMILES string of the molecule is CCCc1cc(C(=O)N(C)CC(C)O)cc(NN)n1. The lowest BCUT2D eigenvalue weighted by atomic mass is 10.1. The van der Waals surface area contributed by atoms with E-state index in [1.54, 1.807) is 26.1 Å². The van der Waals surface area contributed by atoms with E-state index in [4.69, 9.17) is 5.84 Å². The van der Waals surface area contributed by atoms with E-state index in [1.165, 1.54) is 4.90 Å². The number of hydrazine groups is 1. The molecule has 1 aromatic heterocycles. The number of nitrogen functional groups attached to an aromatic ring is 1. The normalized spacial score (nSPS) is 12.1. The van der Waals surface area contributed by atoms with Crippen molar-refractivity contribution in [1.82, 2.24) is 9.88 Å². The molecule has 106 valence electrons. The van der Waals surface area contributed by atoms with E-state index in [1.807, 2.05) is 6.92 Å². The largest absolute Gasteiger partial charge is 0.392 e. The van der Waals surface area contributed by atoms with Crippen molar-refractivity contribution in [3.05, 3.63) is 23.4 Å². The number of anilines is 1. The molecule has 19 heavy (non-hydrogen) atoms. The van der Waals surface area contributed by atoms with Crippen molar-refractivity contribution in [2.75, 3.05) is 19.0 Å². The number of pyridine rings is 1. The van der Waals surface area contributed by atoms with Gasteiger partial charge >= 0.3 is 0 Å². The Morgan fingerprint density at radius 3 is 2.79 bits per heavy atom. The van der Waals surface area contributed by atoms with Gasteiger partial charge in [0.2, 0.25) is 0 Å². The molecule has 0 aromatic carbocycles. The first-order valence-electron chi connectivity index (χ1n) is 6.39. The number of rotatable bonds is 6. The van der Waals surface area contributed by atoms with Gasteiger partial charge in [-0.3, -0.25) is 4.79 Å². The number of carbonyl (C=O) groups is 1. The predicted molar refractivity (Wildman–Crippen MR) is 74.7 cm³/mol. The Kier molecular flexibility index (Phi) is 5.72. The van der Waals surface area contributed by atoms with Gasteiger partial charge in [-0.1, -0.05) is 13.3 Å². The number of likely N-dealkylation sites (N-methyl/N-ethyl adjacent to an activating group) is 1. The highest BCUT2D eigenvalue weighted by Gasteiger charge is 2.15. The van der Waals surface area contributed by atoms with E-state index in [0.717, 1.165) is 18.5 Å². The molecule has 0 spiro atoms. The van der Waals surface area contributed by atoms with Crippen LogP contribution >= 0.6 is 0 Å². The second-order valence-corrected chi connectivity index (χ2v) is 4.66. The van der Waals surface area contributed by atoms with E-state index < -0.39 is 6.10 Å². The van der Waals surface area contributed by atoms with E-state index in [2.05, 4.69) is 10.4 Å². The molecule has 0 aliphatic rings. The van der Waals surface area contributed by atoms with E-state index in [9.17, 15) is 9.90 Å². The van der Waals surface area contributed by atoms with Crippen molar-refractivity contribution in [3.8, 4) is 0 Å². The van der Waals surface area contributed by atoms with Gasteiger partial charge in [-0.05, 0) is 25.5 Å². The lowest BCUT2D eigenvalue weighted by molar-refractivity contribution is 0.0703. The molecule has 6 nitrogen and oxygen atoms in total. The van der Waals surface area contributed by atoms with Crippen LogP contribution in [-0.2, 0) is 6.42 Å². The van der Waals surface area contributed by atoms with Crippen LogP contribution in [0, 0.1) is 0 Å². The monoisotopic (exact) mass is 266 g/mol.